The van der Waals surface area contributed by atoms with Gasteiger partial charge in [-0.25, -0.2) is 28.5 Å². The van der Waals surface area contributed by atoms with Crippen molar-refractivity contribution in [2.75, 3.05) is 5.32 Å². The van der Waals surface area contributed by atoms with E-state index in [1.54, 1.807) is 12.1 Å². The second kappa shape index (κ2) is 10.2. The van der Waals surface area contributed by atoms with Crippen LogP contribution in [-0.4, -0.2) is 63.6 Å². The number of aromatic nitrogens is 7. The number of hydrogen-bond acceptors (Lipinski definition) is 7. The van der Waals surface area contributed by atoms with Gasteiger partial charge in [0.25, 0.3) is 0 Å². The van der Waals surface area contributed by atoms with Crippen molar-refractivity contribution in [2.24, 2.45) is 5.92 Å². The van der Waals surface area contributed by atoms with Gasteiger partial charge in [0, 0.05) is 16.8 Å². The number of anilines is 1. The van der Waals surface area contributed by atoms with Crippen molar-refractivity contribution in [2.45, 2.75) is 38.0 Å². The predicted octanol–water partition coefficient (Wildman–Crippen LogP) is 2.61. The number of amides is 1. The van der Waals surface area contributed by atoms with Gasteiger partial charge in [0.2, 0.25) is 5.91 Å². The molecule has 39 heavy (non-hydrogen) atoms. The molecular weight excluding hydrogens is 548 g/mol. The zero-order valence-electron chi connectivity index (χ0n) is 19.8. The summed E-state index contributed by atoms with van der Waals surface area (Å²) in [5, 5.41) is 21.0. The van der Waals surface area contributed by atoms with Crippen molar-refractivity contribution in [3.05, 3.63) is 70.3 Å². The first-order valence-corrected chi connectivity index (χ1v) is 11.9. The van der Waals surface area contributed by atoms with Crippen LogP contribution in [0.5, 0.6) is 0 Å². The predicted molar refractivity (Wildman–Crippen MR) is 129 cm³/mol. The van der Waals surface area contributed by atoms with Crippen molar-refractivity contribution < 1.29 is 27.5 Å². The Labute approximate surface area is 221 Å². The summed E-state index contributed by atoms with van der Waals surface area (Å²) in [4.78, 5) is 33.5. The van der Waals surface area contributed by atoms with Crippen LogP contribution in [0, 0.1) is 5.92 Å². The van der Waals surface area contributed by atoms with E-state index in [-0.39, 0.29) is 30.4 Å². The molecule has 3 atom stereocenters. The lowest BCUT2D eigenvalue weighted by atomic mass is 10.2. The first-order valence-electron chi connectivity index (χ1n) is 11.5. The number of nitrogens with one attached hydrogen (secondary N) is 1. The summed E-state index contributed by atoms with van der Waals surface area (Å²) in [5.74, 6) is -1.20. The van der Waals surface area contributed by atoms with Crippen LogP contribution in [0.15, 0.2) is 53.7 Å². The third-order valence-electron chi connectivity index (χ3n) is 5.91. The Kier molecular flexibility index (Phi) is 6.94. The minimum absolute atomic E-state index is 0.0629. The number of nitrogens with zero attached hydrogens (tertiary/aromatic N) is 7. The summed E-state index contributed by atoms with van der Waals surface area (Å²) in [6, 6.07) is 9.08. The molecule has 2 N–H and O–H groups in total. The van der Waals surface area contributed by atoms with Gasteiger partial charge in [0.1, 0.15) is 24.7 Å². The zero-order chi connectivity index (χ0) is 27.9. The summed E-state index contributed by atoms with van der Waals surface area (Å²) in [6.45, 7) is -1.41. The Morgan fingerprint density at radius 1 is 1.18 bits per heavy atom. The number of pyridine rings is 1. The van der Waals surface area contributed by atoms with E-state index in [0.717, 1.165) is 4.68 Å². The molecule has 4 aromatic rings. The number of aliphatic hydroxyl groups is 1. The van der Waals surface area contributed by atoms with Gasteiger partial charge in [-0.1, -0.05) is 11.6 Å². The molecule has 3 aromatic heterocycles. The highest BCUT2D eigenvalue weighted by Crippen LogP contribution is 2.35. The van der Waals surface area contributed by atoms with Gasteiger partial charge in [-0.3, -0.25) is 9.36 Å². The highest BCUT2D eigenvalue weighted by Gasteiger charge is 2.44. The molecule has 0 unspecified atom stereocenters. The number of alkyl halides is 4. The average Bonchev–Trinajstić information content (AvgIpc) is 3.32. The van der Waals surface area contributed by atoms with Crippen molar-refractivity contribution >= 4 is 23.3 Å². The molecule has 1 aliphatic rings. The molecular formula is C23H19ClF4N8O3. The van der Waals surface area contributed by atoms with Crippen molar-refractivity contribution in [1.82, 2.24) is 34.1 Å². The first kappa shape index (κ1) is 26.5. The number of hydrogen-bond donors (Lipinski definition) is 2. The largest absolute Gasteiger partial charge is 0.416 e. The van der Waals surface area contributed by atoms with Crippen LogP contribution < -0.4 is 11.0 Å². The topological polar surface area (TPSA) is 133 Å². The molecule has 1 saturated carbocycles. The lowest BCUT2D eigenvalue weighted by Crippen LogP contribution is -2.37. The highest BCUT2D eigenvalue weighted by atomic mass is 35.5. The fourth-order valence-corrected chi connectivity index (χ4v) is 3.87. The minimum Gasteiger partial charge on any atom is -0.382 e. The molecule has 1 aliphatic carbocycles. The highest BCUT2D eigenvalue weighted by molar-refractivity contribution is 6.30. The van der Waals surface area contributed by atoms with Crippen LogP contribution in [0.1, 0.15) is 12.2 Å². The van der Waals surface area contributed by atoms with Crippen LogP contribution >= 0.6 is 11.6 Å². The van der Waals surface area contributed by atoms with Gasteiger partial charge >= 0.3 is 11.9 Å². The molecule has 1 aromatic carbocycles. The standard InChI is InChI=1S/C23H19ClF4N8O3/c24-13-5-3-12(4-6-13)20-33-35(22(39)34(20)9-17(37)23(26,27)28)10-18-30-11-36(32-18)16-2-1-7-29-19(16)31-21(38)14-8-15(14)25/h1-7,11,14-15,17,37H,8-10H2,(H,29,31,38)/t14-,15-,17+/m1/s1. The molecule has 1 fully saturated rings. The molecule has 3 heterocycles. The van der Waals surface area contributed by atoms with E-state index >= 15 is 0 Å². The Bertz CT molecular complexity index is 1570. The fourth-order valence-electron chi connectivity index (χ4n) is 3.74. The molecule has 1 amide bonds. The fraction of sp³-hybridized carbons (Fsp3) is 0.304. The monoisotopic (exact) mass is 566 g/mol. The number of carbonyl (C=O) groups is 1. The summed E-state index contributed by atoms with van der Waals surface area (Å²) in [6.07, 6.45) is -6.10. The number of carbonyl (C=O) groups excluding carboxylic acids is 1. The molecule has 16 heteroatoms. The lowest BCUT2D eigenvalue weighted by Gasteiger charge is -2.15. The van der Waals surface area contributed by atoms with Crippen molar-refractivity contribution in [3.63, 3.8) is 0 Å². The molecule has 0 spiro atoms. The molecule has 204 valence electrons. The first-order chi connectivity index (χ1) is 18.5. The minimum atomic E-state index is -4.96. The number of rotatable bonds is 8. The molecule has 0 saturated heterocycles. The van der Waals surface area contributed by atoms with E-state index < -0.39 is 42.5 Å². The normalized spacial score (nSPS) is 17.7. The van der Waals surface area contributed by atoms with Gasteiger partial charge in [0.05, 0.1) is 12.5 Å². The molecule has 11 nitrogen and oxygen atoms in total. The van der Waals surface area contributed by atoms with Crippen molar-refractivity contribution in [1.29, 1.82) is 0 Å². The van der Waals surface area contributed by atoms with Gasteiger partial charge in [0.15, 0.2) is 23.6 Å². The second-order valence-corrected chi connectivity index (χ2v) is 9.20. The smallest absolute Gasteiger partial charge is 0.382 e. The number of aliphatic hydroxyl groups excluding tert-OH is 1. The maximum atomic E-state index is 13.3. The van der Waals surface area contributed by atoms with Gasteiger partial charge in [-0.2, -0.15) is 13.2 Å². The van der Waals surface area contributed by atoms with Crippen LogP contribution in [0.4, 0.5) is 23.4 Å². The second-order valence-electron chi connectivity index (χ2n) is 8.76. The van der Waals surface area contributed by atoms with E-state index in [9.17, 15) is 32.3 Å². The van der Waals surface area contributed by atoms with Crippen LogP contribution in [0.3, 0.4) is 0 Å². The van der Waals surface area contributed by atoms with Crippen molar-refractivity contribution in [3.8, 4) is 17.1 Å². The maximum absolute atomic E-state index is 13.3. The summed E-state index contributed by atoms with van der Waals surface area (Å²) < 4.78 is 55.3. The van der Waals surface area contributed by atoms with Crippen LogP contribution in [-0.2, 0) is 17.9 Å². The zero-order valence-corrected chi connectivity index (χ0v) is 20.5. The molecule has 5 rings (SSSR count). The molecule has 0 aliphatic heterocycles. The Morgan fingerprint density at radius 3 is 2.56 bits per heavy atom. The number of halogens is 5. The summed E-state index contributed by atoms with van der Waals surface area (Å²) in [5.41, 5.74) is -0.321. The number of benzene rings is 1. The Morgan fingerprint density at radius 2 is 1.90 bits per heavy atom. The van der Waals surface area contributed by atoms with E-state index in [1.807, 2.05) is 0 Å². The van der Waals surface area contributed by atoms with Crippen LogP contribution in [0.25, 0.3) is 17.1 Å². The van der Waals surface area contributed by atoms with Gasteiger partial charge < -0.3 is 10.4 Å². The average molecular weight is 567 g/mol. The van der Waals surface area contributed by atoms with E-state index in [2.05, 4.69) is 25.5 Å². The third kappa shape index (κ3) is 5.68. The lowest BCUT2D eigenvalue weighted by molar-refractivity contribution is -0.207. The third-order valence-corrected chi connectivity index (χ3v) is 6.17. The maximum Gasteiger partial charge on any atom is 0.416 e. The Hall–Kier alpha value is -4.11. The summed E-state index contributed by atoms with van der Waals surface area (Å²) in [7, 11) is 0. The van der Waals surface area contributed by atoms with E-state index in [0.29, 0.717) is 20.8 Å². The Balaban J connectivity index is 1.43. The van der Waals surface area contributed by atoms with E-state index in [1.165, 1.54) is 41.5 Å². The molecule has 0 bridgehead atoms. The van der Waals surface area contributed by atoms with Gasteiger partial charge in [-0.05, 0) is 42.8 Å². The molecule has 0 radical (unpaired) electrons. The van der Waals surface area contributed by atoms with Gasteiger partial charge in [-0.15, -0.1) is 10.2 Å². The SMILES string of the molecule is O=C(Nc1ncccc1-n1cnc(Cn2nc(-c3ccc(Cl)cc3)n(C[C@H](O)C(F)(F)F)c2=O)n1)[C@@H]1C[C@H]1F. The quantitative estimate of drug-likeness (QED) is 0.313. The van der Waals surface area contributed by atoms with Crippen LogP contribution in [0.2, 0.25) is 5.02 Å². The van der Waals surface area contributed by atoms with E-state index in [4.69, 9.17) is 11.6 Å². The summed E-state index contributed by atoms with van der Waals surface area (Å²) >= 11 is 5.90.